The van der Waals surface area contributed by atoms with E-state index in [1.165, 1.54) is 12.8 Å². The lowest BCUT2D eigenvalue weighted by atomic mass is 9.94. The first kappa shape index (κ1) is 15.0. The molecule has 1 unspecified atom stereocenters. The van der Waals surface area contributed by atoms with Crippen molar-refractivity contribution >= 4 is 5.91 Å². The number of carbonyl (C=O) groups is 1. The van der Waals surface area contributed by atoms with Crippen molar-refractivity contribution in [2.24, 2.45) is 5.92 Å². The number of unbranched alkanes of at least 4 members (excludes halogenated alkanes) is 1. The van der Waals surface area contributed by atoms with Gasteiger partial charge in [-0.25, -0.2) is 0 Å². The van der Waals surface area contributed by atoms with Crippen LogP contribution < -0.4 is 0 Å². The SMILES string of the molecule is CCCCN(CC=CC1CC=CCC1)C(=O)CC. The zero-order valence-corrected chi connectivity index (χ0v) is 11.9. The van der Waals surface area contributed by atoms with Crippen LogP contribution in [0.2, 0.25) is 0 Å². The van der Waals surface area contributed by atoms with Gasteiger partial charge in [0.1, 0.15) is 0 Å². The Morgan fingerprint density at radius 3 is 2.83 bits per heavy atom. The molecule has 0 bridgehead atoms. The average molecular weight is 249 g/mol. The molecule has 0 saturated carbocycles. The molecule has 1 rings (SSSR count). The lowest BCUT2D eigenvalue weighted by Crippen LogP contribution is -2.31. The molecule has 1 aliphatic carbocycles. The second-order valence-electron chi connectivity index (χ2n) is 5.02. The van der Waals surface area contributed by atoms with Crippen molar-refractivity contribution in [1.82, 2.24) is 4.90 Å². The van der Waals surface area contributed by atoms with Gasteiger partial charge in [0, 0.05) is 19.5 Å². The van der Waals surface area contributed by atoms with Gasteiger partial charge in [-0.3, -0.25) is 4.79 Å². The predicted molar refractivity (Wildman–Crippen MR) is 77.4 cm³/mol. The van der Waals surface area contributed by atoms with E-state index in [1.54, 1.807) is 0 Å². The highest BCUT2D eigenvalue weighted by Crippen LogP contribution is 2.19. The molecule has 1 amide bonds. The number of amides is 1. The van der Waals surface area contributed by atoms with E-state index in [9.17, 15) is 4.79 Å². The van der Waals surface area contributed by atoms with Gasteiger partial charge in [0.25, 0.3) is 0 Å². The van der Waals surface area contributed by atoms with E-state index in [0.29, 0.717) is 12.3 Å². The van der Waals surface area contributed by atoms with Crippen molar-refractivity contribution < 1.29 is 4.79 Å². The van der Waals surface area contributed by atoms with Crippen LogP contribution in [0.4, 0.5) is 0 Å². The summed E-state index contributed by atoms with van der Waals surface area (Å²) in [5.74, 6) is 0.955. The number of nitrogens with zero attached hydrogens (tertiary/aromatic N) is 1. The molecule has 1 atom stereocenters. The van der Waals surface area contributed by atoms with Crippen LogP contribution in [0.15, 0.2) is 24.3 Å². The fraction of sp³-hybridized carbons (Fsp3) is 0.688. The summed E-state index contributed by atoms with van der Waals surface area (Å²) in [5.41, 5.74) is 0. The van der Waals surface area contributed by atoms with Gasteiger partial charge in [0.05, 0.1) is 0 Å². The lowest BCUT2D eigenvalue weighted by molar-refractivity contribution is -0.130. The number of hydrogen-bond acceptors (Lipinski definition) is 1. The summed E-state index contributed by atoms with van der Waals surface area (Å²) in [4.78, 5) is 13.8. The predicted octanol–water partition coefficient (Wildman–Crippen LogP) is 3.94. The molecule has 2 nitrogen and oxygen atoms in total. The Bertz CT molecular complexity index is 293. The summed E-state index contributed by atoms with van der Waals surface area (Å²) in [6.45, 7) is 5.79. The molecule has 0 radical (unpaired) electrons. The normalized spacial score (nSPS) is 19.3. The molecule has 0 aromatic rings. The van der Waals surface area contributed by atoms with E-state index in [0.717, 1.165) is 32.4 Å². The highest BCUT2D eigenvalue weighted by molar-refractivity contribution is 5.75. The lowest BCUT2D eigenvalue weighted by Gasteiger charge is -2.21. The van der Waals surface area contributed by atoms with Gasteiger partial charge in [0.15, 0.2) is 0 Å². The Morgan fingerprint density at radius 1 is 1.39 bits per heavy atom. The van der Waals surface area contributed by atoms with Gasteiger partial charge in [-0.15, -0.1) is 0 Å². The zero-order chi connectivity index (χ0) is 13.2. The first-order chi connectivity index (χ1) is 8.77. The number of allylic oxidation sites excluding steroid dienone is 3. The van der Waals surface area contributed by atoms with Crippen LogP contribution in [-0.4, -0.2) is 23.9 Å². The number of rotatable bonds is 7. The smallest absolute Gasteiger partial charge is 0.222 e. The third-order valence-electron chi connectivity index (χ3n) is 3.48. The summed E-state index contributed by atoms with van der Waals surface area (Å²) >= 11 is 0. The Hall–Kier alpha value is -1.05. The van der Waals surface area contributed by atoms with E-state index in [2.05, 4.69) is 31.2 Å². The molecule has 2 heteroatoms. The molecule has 0 spiro atoms. The van der Waals surface area contributed by atoms with Gasteiger partial charge in [-0.2, -0.15) is 0 Å². The van der Waals surface area contributed by atoms with E-state index in [4.69, 9.17) is 0 Å². The number of carbonyl (C=O) groups excluding carboxylic acids is 1. The van der Waals surface area contributed by atoms with E-state index in [1.807, 2.05) is 11.8 Å². The minimum Gasteiger partial charge on any atom is -0.339 e. The van der Waals surface area contributed by atoms with E-state index in [-0.39, 0.29) is 5.91 Å². The fourth-order valence-corrected chi connectivity index (χ4v) is 2.26. The van der Waals surface area contributed by atoms with Gasteiger partial charge < -0.3 is 4.90 Å². The van der Waals surface area contributed by atoms with E-state index < -0.39 is 0 Å². The second kappa shape index (κ2) is 8.96. The molecule has 1 aliphatic rings. The first-order valence-electron chi connectivity index (χ1n) is 7.37. The van der Waals surface area contributed by atoms with E-state index >= 15 is 0 Å². The van der Waals surface area contributed by atoms with Crippen molar-refractivity contribution in [2.75, 3.05) is 13.1 Å². The second-order valence-corrected chi connectivity index (χ2v) is 5.02. The summed E-state index contributed by atoms with van der Waals surface area (Å²) in [5, 5.41) is 0. The van der Waals surface area contributed by atoms with Gasteiger partial charge in [0.2, 0.25) is 5.91 Å². The van der Waals surface area contributed by atoms with Crippen LogP contribution in [0.5, 0.6) is 0 Å². The molecule has 0 N–H and O–H groups in total. The fourth-order valence-electron chi connectivity index (χ4n) is 2.26. The molecule has 0 heterocycles. The van der Waals surface area contributed by atoms with Crippen LogP contribution in [0.1, 0.15) is 52.4 Å². The van der Waals surface area contributed by atoms with Crippen molar-refractivity contribution in [3.8, 4) is 0 Å². The zero-order valence-electron chi connectivity index (χ0n) is 11.9. The molecule has 0 saturated heterocycles. The number of hydrogen-bond donors (Lipinski definition) is 0. The molecule has 0 fully saturated rings. The quantitative estimate of drug-likeness (QED) is 0.626. The summed E-state index contributed by atoms with van der Waals surface area (Å²) in [6, 6.07) is 0. The Labute approximate surface area is 112 Å². The molecule has 18 heavy (non-hydrogen) atoms. The third kappa shape index (κ3) is 5.52. The molecular formula is C16H27NO. The molecule has 102 valence electrons. The maximum absolute atomic E-state index is 11.8. The summed E-state index contributed by atoms with van der Waals surface area (Å²) < 4.78 is 0. The average Bonchev–Trinajstić information content (AvgIpc) is 2.43. The minimum absolute atomic E-state index is 0.275. The highest BCUT2D eigenvalue weighted by atomic mass is 16.2. The first-order valence-corrected chi connectivity index (χ1v) is 7.37. The van der Waals surface area contributed by atoms with Gasteiger partial charge in [-0.05, 0) is 31.6 Å². The minimum atomic E-state index is 0.275. The van der Waals surface area contributed by atoms with Crippen LogP contribution in [0.3, 0.4) is 0 Å². The van der Waals surface area contributed by atoms with Crippen molar-refractivity contribution in [1.29, 1.82) is 0 Å². The van der Waals surface area contributed by atoms with Crippen LogP contribution in [-0.2, 0) is 4.79 Å². The van der Waals surface area contributed by atoms with Crippen LogP contribution in [0, 0.1) is 5.92 Å². The third-order valence-corrected chi connectivity index (χ3v) is 3.48. The maximum Gasteiger partial charge on any atom is 0.222 e. The Balaban J connectivity index is 2.37. The molecular weight excluding hydrogens is 222 g/mol. The largest absolute Gasteiger partial charge is 0.339 e. The molecule has 0 aliphatic heterocycles. The molecule has 0 aromatic heterocycles. The highest BCUT2D eigenvalue weighted by Gasteiger charge is 2.09. The Kier molecular flexibility index (Phi) is 7.47. The topological polar surface area (TPSA) is 20.3 Å². The molecule has 0 aromatic carbocycles. The standard InChI is InChI=1S/C16H27NO/c1-3-5-13-17(16(18)4-2)14-9-12-15-10-7-6-8-11-15/h6-7,9,12,15H,3-5,8,10-11,13-14H2,1-2H3. The van der Waals surface area contributed by atoms with Crippen LogP contribution >= 0.6 is 0 Å². The summed E-state index contributed by atoms with van der Waals surface area (Å²) in [6.07, 6.45) is 15.5. The van der Waals surface area contributed by atoms with Crippen molar-refractivity contribution in [3.05, 3.63) is 24.3 Å². The van der Waals surface area contributed by atoms with Crippen LogP contribution in [0.25, 0.3) is 0 Å². The summed E-state index contributed by atoms with van der Waals surface area (Å²) in [7, 11) is 0. The van der Waals surface area contributed by atoms with Gasteiger partial charge in [-0.1, -0.05) is 44.6 Å². The van der Waals surface area contributed by atoms with Crippen molar-refractivity contribution in [2.45, 2.75) is 52.4 Å². The Morgan fingerprint density at radius 2 is 2.22 bits per heavy atom. The maximum atomic E-state index is 11.8. The van der Waals surface area contributed by atoms with Crippen molar-refractivity contribution in [3.63, 3.8) is 0 Å². The van der Waals surface area contributed by atoms with Gasteiger partial charge >= 0.3 is 0 Å². The monoisotopic (exact) mass is 249 g/mol.